The van der Waals surface area contributed by atoms with E-state index in [0.717, 1.165) is 29.5 Å². The van der Waals surface area contributed by atoms with Crippen LogP contribution >= 0.6 is 0 Å². The number of ether oxygens (including phenoxy) is 2. The molecule has 0 spiro atoms. The molecule has 3 atom stereocenters. The quantitative estimate of drug-likeness (QED) is 0.547. The Morgan fingerprint density at radius 2 is 1.88 bits per heavy atom. The van der Waals surface area contributed by atoms with Gasteiger partial charge in [0.15, 0.2) is 0 Å². The number of aryl methyl sites for hydroxylation is 1. The van der Waals surface area contributed by atoms with Gasteiger partial charge in [-0.3, -0.25) is 4.79 Å². The van der Waals surface area contributed by atoms with E-state index in [2.05, 4.69) is 0 Å². The molecule has 4 rings (SSSR count). The topological polar surface area (TPSA) is 76.0 Å². The monoisotopic (exact) mass is 436 g/mol. The summed E-state index contributed by atoms with van der Waals surface area (Å²) in [7, 11) is 1.55. The van der Waals surface area contributed by atoms with E-state index in [1.807, 2.05) is 30.3 Å². The van der Waals surface area contributed by atoms with Crippen molar-refractivity contribution >= 4 is 5.97 Å². The van der Waals surface area contributed by atoms with Crippen molar-refractivity contribution in [2.75, 3.05) is 7.11 Å². The first-order valence-corrected chi connectivity index (χ1v) is 10.5. The fourth-order valence-electron chi connectivity index (χ4n) is 3.96. The van der Waals surface area contributed by atoms with Crippen molar-refractivity contribution < 1.29 is 28.9 Å². The minimum atomic E-state index is -1.11. The van der Waals surface area contributed by atoms with Gasteiger partial charge in [0.25, 0.3) is 0 Å². The number of aliphatic hydroxyl groups is 1. The number of benzene rings is 3. The van der Waals surface area contributed by atoms with Crippen LogP contribution in [0.1, 0.15) is 42.2 Å². The maximum absolute atomic E-state index is 14.3. The summed E-state index contributed by atoms with van der Waals surface area (Å²) < 4.78 is 25.7. The Balaban J connectivity index is 1.55. The zero-order chi connectivity index (χ0) is 22.8. The highest BCUT2D eigenvalue weighted by atomic mass is 19.1. The molecule has 1 heterocycles. The summed E-state index contributed by atoms with van der Waals surface area (Å²) in [4.78, 5) is 11.2. The van der Waals surface area contributed by atoms with E-state index in [1.165, 1.54) is 13.0 Å². The Labute approximate surface area is 186 Å². The molecule has 1 aliphatic heterocycles. The Bertz CT molecular complexity index is 1130. The number of aliphatic carboxylic acids is 1. The van der Waals surface area contributed by atoms with Gasteiger partial charge in [0.05, 0.1) is 19.1 Å². The van der Waals surface area contributed by atoms with Gasteiger partial charge in [-0.15, -0.1) is 0 Å². The molecule has 0 fully saturated rings. The van der Waals surface area contributed by atoms with Gasteiger partial charge < -0.3 is 19.7 Å². The van der Waals surface area contributed by atoms with Gasteiger partial charge in [0, 0.05) is 5.56 Å². The van der Waals surface area contributed by atoms with Gasteiger partial charge >= 0.3 is 5.97 Å². The lowest BCUT2D eigenvalue weighted by Gasteiger charge is -2.28. The highest BCUT2D eigenvalue weighted by Crippen LogP contribution is 2.38. The van der Waals surface area contributed by atoms with Crippen LogP contribution in [0, 0.1) is 11.7 Å². The average molecular weight is 436 g/mol. The van der Waals surface area contributed by atoms with Crippen molar-refractivity contribution in [3.8, 4) is 22.6 Å². The number of hydrogen-bond donors (Lipinski definition) is 2. The van der Waals surface area contributed by atoms with Crippen LogP contribution in [0.25, 0.3) is 11.1 Å². The van der Waals surface area contributed by atoms with Gasteiger partial charge in [-0.05, 0) is 66.3 Å². The lowest BCUT2D eigenvalue weighted by molar-refractivity contribution is -0.145. The molecule has 1 aliphatic rings. The number of hydrogen-bond acceptors (Lipinski definition) is 4. The number of carbonyl (C=O) groups is 1. The van der Waals surface area contributed by atoms with E-state index < -0.39 is 18.0 Å². The molecule has 6 heteroatoms. The van der Waals surface area contributed by atoms with E-state index in [1.54, 1.807) is 31.4 Å². The fraction of sp³-hybridized carbons (Fsp3) is 0.269. The smallest absolute Gasteiger partial charge is 0.309 e. The number of rotatable bonds is 6. The maximum Gasteiger partial charge on any atom is 0.309 e. The first-order chi connectivity index (χ1) is 15.4. The van der Waals surface area contributed by atoms with Gasteiger partial charge in [0.2, 0.25) is 0 Å². The molecule has 0 aromatic heterocycles. The normalized spacial score (nSPS) is 17.1. The van der Waals surface area contributed by atoms with Crippen LogP contribution < -0.4 is 9.47 Å². The van der Waals surface area contributed by atoms with Crippen molar-refractivity contribution in [3.05, 3.63) is 83.2 Å². The molecular formula is C26H25FO5. The third kappa shape index (κ3) is 4.32. The zero-order valence-electron chi connectivity index (χ0n) is 17.9. The lowest BCUT2D eigenvalue weighted by Crippen LogP contribution is -2.20. The summed E-state index contributed by atoms with van der Waals surface area (Å²) in [5.74, 6) is -1.05. The predicted molar refractivity (Wildman–Crippen MR) is 118 cm³/mol. The Kier molecular flexibility index (Phi) is 6.15. The molecule has 3 aromatic rings. The van der Waals surface area contributed by atoms with Crippen LogP contribution in [0.5, 0.6) is 11.5 Å². The van der Waals surface area contributed by atoms with Crippen LogP contribution in [0.4, 0.5) is 4.39 Å². The second-order valence-corrected chi connectivity index (χ2v) is 8.05. The number of aliphatic hydroxyl groups excluding tert-OH is 1. The van der Waals surface area contributed by atoms with Gasteiger partial charge in [0.1, 0.15) is 23.4 Å². The van der Waals surface area contributed by atoms with Crippen LogP contribution in [-0.2, 0) is 11.2 Å². The molecular weight excluding hydrogens is 411 g/mol. The molecule has 5 nitrogen and oxygen atoms in total. The number of fused-ring (bicyclic) bond motifs is 1. The van der Waals surface area contributed by atoms with Crippen LogP contribution in [0.3, 0.4) is 0 Å². The largest absolute Gasteiger partial charge is 0.497 e. The van der Waals surface area contributed by atoms with E-state index in [4.69, 9.17) is 9.47 Å². The number of halogens is 1. The lowest BCUT2D eigenvalue weighted by atomic mass is 9.92. The minimum Gasteiger partial charge on any atom is -0.497 e. The van der Waals surface area contributed by atoms with Crippen LogP contribution in [0.15, 0.2) is 60.7 Å². The van der Waals surface area contributed by atoms with Crippen molar-refractivity contribution in [2.45, 2.75) is 32.0 Å². The van der Waals surface area contributed by atoms with E-state index in [0.29, 0.717) is 22.6 Å². The number of methoxy groups -OCH3 is 1. The van der Waals surface area contributed by atoms with Gasteiger partial charge in [-0.1, -0.05) is 36.4 Å². The van der Waals surface area contributed by atoms with E-state index in [9.17, 15) is 19.4 Å². The molecule has 0 radical (unpaired) electrons. The summed E-state index contributed by atoms with van der Waals surface area (Å²) >= 11 is 0. The first-order valence-electron chi connectivity index (χ1n) is 10.5. The Morgan fingerprint density at radius 3 is 2.56 bits per heavy atom. The van der Waals surface area contributed by atoms with E-state index in [-0.39, 0.29) is 11.9 Å². The standard InChI is InChI=1S/C26H25FO5/c1-15(26(29)30)25(28)19-8-7-18-9-12-23(32-24(18)13-19)17-5-3-16(4-6-17)21-14-20(31-2)10-11-22(21)27/h3-8,10-11,13-15,23,25,28H,9,12H2,1-2H3,(H,29,30)/t15-,23+,25+/m0/s1. The summed E-state index contributed by atoms with van der Waals surface area (Å²) in [5.41, 5.74) is 3.72. The third-order valence-corrected chi connectivity index (χ3v) is 6.01. The number of carboxylic acid groups (broad SMARTS) is 1. The molecule has 0 unspecified atom stereocenters. The summed E-state index contributed by atoms with van der Waals surface area (Å²) in [5, 5.41) is 19.5. The molecule has 0 saturated heterocycles. The van der Waals surface area contributed by atoms with Gasteiger partial charge in [-0.25, -0.2) is 4.39 Å². The third-order valence-electron chi connectivity index (χ3n) is 6.01. The molecule has 166 valence electrons. The fourth-order valence-corrected chi connectivity index (χ4v) is 3.96. The van der Waals surface area contributed by atoms with Crippen molar-refractivity contribution in [1.29, 1.82) is 0 Å². The average Bonchev–Trinajstić information content (AvgIpc) is 2.82. The first kappa shape index (κ1) is 21.8. The van der Waals surface area contributed by atoms with Gasteiger partial charge in [-0.2, -0.15) is 0 Å². The van der Waals surface area contributed by atoms with Crippen LogP contribution in [-0.4, -0.2) is 23.3 Å². The minimum absolute atomic E-state index is 0.184. The SMILES string of the molecule is COc1ccc(F)c(-c2ccc([C@H]3CCc4ccc([C@H](O)[C@H](C)C(=O)O)cc4O3)cc2)c1. The molecule has 2 N–H and O–H groups in total. The summed E-state index contributed by atoms with van der Waals surface area (Å²) in [6.07, 6.45) is 0.291. The number of carboxylic acids is 1. The summed E-state index contributed by atoms with van der Waals surface area (Å²) in [6.45, 7) is 1.48. The van der Waals surface area contributed by atoms with Crippen molar-refractivity contribution in [3.63, 3.8) is 0 Å². The molecule has 3 aromatic carbocycles. The Morgan fingerprint density at radius 1 is 1.12 bits per heavy atom. The van der Waals surface area contributed by atoms with E-state index >= 15 is 0 Å². The predicted octanol–water partition coefficient (Wildman–Crippen LogP) is 5.32. The van der Waals surface area contributed by atoms with Crippen molar-refractivity contribution in [1.82, 2.24) is 0 Å². The highest BCUT2D eigenvalue weighted by Gasteiger charge is 2.26. The molecule has 0 bridgehead atoms. The second-order valence-electron chi connectivity index (χ2n) is 8.05. The van der Waals surface area contributed by atoms with Crippen molar-refractivity contribution in [2.24, 2.45) is 5.92 Å². The van der Waals surface area contributed by atoms with Crippen LogP contribution in [0.2, 0.25) is 0 Å². The Hall–Kier alpha value is -3.38. The molecule has 0 saturated carbocycles. The molecule has 0 aliphatic carbocycles. The second kappa shape index (κ2) is 9.01. The molecule has 0 amide bonds. The highest BCUT2D eigenvalue weighted by molar-refractivity contribution is 5.70. The zero-order valence-corrected chi connectivity index (χ0v) is 17.9. The molecule has 32 heavy (non-hydrogen) atoms. The maximum atomic E-state index is 14.3. The summed E-state index contributed by atoms with van der Waals surface area (Å²) in [6, 6.07) is 17.6.